The summed E-state index contributed by atoms with van der Waals surface area (Å²) in [6.45, 7) is 6.62. The van der Waals surface area contributed by atoms with Crippen molar-refractivity contribution in [2.24, 2.45) is 0 Å². The highest BCUT2D eigenvalue weighted by molar-refractivity contribution is 5.97. The molecule has 1 saturated carbocycles. The van der Waals surface area contributed by atoms with Gasteiger partial charge in [-0.1, -0.05) is 0 Å². The predicted molar refractivity (Wildman–Crippen MR) is 138 cm³/mol. The molecule has 1 aliphatic heterocycles. The van der Waals surface area contributed by atoms with Crippen LogP contribution < -0.4 is 16.2 Å². The summed E-state index contributed by atoms with van der Waals surface area (Å²) < 4.78 is 75.1. The Bertz CT molecular complexity index is 1660. The summed E-state index contributed by atoms with van der Waals surface area (Å²) in [7, 11) is 0. The fourth-order valence-electron chi connectivity index (χ4n) is 5.49. The average molecular weight is 599 g/mol. The number of carbonyl (C=O) groups excluding carboxylic acids is 2. The van der Waals surface area contributed by atoms with E-state index < -0.39 is 72.2 Å². The Labute approximate surface area is 234 Å². The summed E-state index contributed by atoms with van der Waals surface area (Å²) in [5.74, 6) is -5.98. The molecule has 0 aromatic carbocycles. The topological polar surface area (TPSA) is 140 Å². The van der Waals surface area contributed by atoms with E-state index in [-0.39, 0.29) is 22.8 Å². The summed E-state index contributed by atoms with van der Waals surface area (Å²) >= 11 is 0. The molecule has 11 nitrogen and oxygen atoms in total. The highest BCUT2D eigenvalue weighted by Crippen LogP contribution is 2.52. The van der Waals surface area contributed by atoms with Gasteiger partial charge in [0.05, 0.1) is 5.39 Å². The Hall–Kier alpha value is -4.08. The van der Waals surface area contributed by atoms with Crippen molar-refractivity contribution in [1.82, 2.24) is 24.4 Å². The molecule has 0 bridgehead atoms. The second-order valence-corrected chi connectivity index (χ2v) is 11.6. The Balaban J connectivity index is 1.51. The molecule has 0 unspecified atom stereocenters. The van der Waals surface area contributed by atoms with Crippen molar-refractivity contribution in [1.29, 1.82) is 0 Å². The van der Waals surface area contributed by atoms with Crippen LogP contribution in [0.2, 0.25) is 0 Å². The van der Waals surface area contributed by atoms with Gasteiger partial charge in [-0.2, -0.15) is 22.0 Å². The molecule has 1 amide bonds. The van der Waals surface area contributed by atoms with E-state index in [1.807, 2.05) is 0 Å². The minimum absolute atomic E-state index is 0.0810. The Morgan fingerprint density at radius 1 is 1.10 bits per heavy atom. The van der Waals surface area contributed by atoms with Crippen molar-refractivity contribution in [2.45, 2.75) is 82.3 Å². The molecule has 0 atom stereocenters. The Morgan fingerprint density at radius 3 is 2.33 bits per heavy atom. The van der Waals surface area contributed by atoms with Gasteiger partial charge in [-0.25, -0.2) is 19.3 Å². The molecular weight excluding hydrogens is 571 g/mol. The van der Waals surface area contributed by atoms with E-state index >= 15 is 0 Å². The van der Waals surface area contributed by atoms with E-state index in [0.717, 1.165) is 15.5 Å². The van der Waals surface area contributed by atoms with E-state index in [9.17, 15) is 41.4 Å². The van der Waals surface area contributed by atoms with Crippen LogP contribution in [0.1, 0.15) is 62.5 Å². The Morgan fingerprint density at radius 2 is 1.74 bits per heavy atom. The number of fused-ring (bicyclic) bond motifs is 3. The van der Waals surface area contributed by atoms with E-state index in [0.29, 0.717) is 10.9 Å². The van der Waals surface area contributed by atoms with Gasteiger partial charge in [-0.3, -0.25) is 14.2 Å². The number of nitrogens with one attached hydrogen (secondary N) is 2. The minimum atomic E-state index is -5.99. The van der Waals surface area contributed by atoms with Crippen molar-refractivity contribution in [3.05, 3.63) is 46.3 Å². The summed E-state index contributed by atoms with van der Waals surface area (Å²) in [5, 5.41) is 16.1. The number of halogens is 5. The molecule has 2 aliphatic rings. The van der Waals surface area contributed by atoms with Crippen LogP contribution in [0.4, 0.5) is 38.3 Å². The lowest BCUT2D eigenvalue weighted by Crippen LogP contribution is -2.62. The van der Waals surface area contributed by atoms with Gasteiger partial charge in [0.1, 0.15) is 40.4 Å². The van der Waals surface area contributed by atoms with Crippen molar-refractivity contribution >= 4 is 34.5 Å². The van der Waals surface area contributed by atoms with Crippen LogP contribution in [0.15, 0.2) is 29.5 Å². The van der Waals surface area contributed by atoms with Crippen molar-refractivity contribution in [3.8, 4) is 0 Å². The number of aryl methyl sites for hydroxylation is 1. The quantitative estimate of drug-likeness (QED) is 0.379. The number of aromatic nitrogens is 4. The van der Waals surface area contributed by atoms with Crippen LogP contribution in [0.3, 0.4) is 0 Å². The van der Waals surface area contributed by atoms with E-state index in [2.05, 4.69) is 20.6 Å². The Kier molecular flexibility index (Phi) is 6.45. The van der Waals surface area contributed by atoms with Gasteiger partial charge in [-0.15, -0.1) is 0 Å². The predicted octanol–water partition coefficient (Wildman–Crippen LogP) is 4.33. The molecule has 3 aromatic heterocycles. The molecule has 16 heteroatoms. The number of hydrogen-bond donors (Lipinski definition) is 3. The van der Waals surface area contributed by atoms with E-state index in [1.165, 1.54) is 25.3 Å². The second kappa shape index (κ2) is 9.21. The lowest BCUT2D eigenvalue weighted by molar-refractivity contribution is -0.349. The van der Waals surface area contributed by atoms with Crippen LogP contribution in [-0.4, -0.2) is 59.5 Å². The fourth-order valence-corrected chi connectivity index (χ4v) is 5.49. The molecule has 1 aliphatic carbocycles. The number of pyridine rings is 1. The third-order valence-corrected chi connectivity index (χ3v) is 7.55. The van der Waals surface area contributed by atoms with Gasteiger partial charge in [-0.05, 0) is 71.1 Å². The zero-order valence-corrected chi connectivity index (χ0v) is 22.9. The van der Waals surface area contributed by atoms with Crippen molar-refractivity contribution in [2.75, 3.05) is 5.32 Å². The molecular formula is C26H27F5N6O5. The normalized spacial score (nSPS) is 22.8. The maximum Gasteiger partial charge on any atom is 0.456 e. The first-order chi connectivity index (χ1) is 19.3. The SMILES string of the molecule is Cc1cc(Nc2ncnc3c2ccn3C(=O)OC(C)(C)C)c(=O)n2c1C(=O)N[C@]21CC[C@@](O)(C(F)(F)C(F)(F)F)CC1. The van der Waals surface area contributed by atoms with Crippen LogP contribution in [0.25, 0.3) is 11.0 Å². The third kappa shape index (κ3) is 4.48. The molecule has 42 heavy (non-hydrogen) atoms. The highest BCUT2D eigenvalue weighted by atomic mass is 19.4. The average Bonchev–Trinajstić information content (AvgIpc) is 3.43. The molecule has 1 fully saturated rings. The summed E-state index contributed by atoms with van der Waals surface area (Å²) in [6.07, 6.45) is -7.31. The van der Waals surface area contributed by atoms with Crippen LogP contribution >= 0.6 is 0 Å². The summed E-state index contributed by atoms with van der Waals surface area (Å²) in [4.78, 5) is 47.6. The minimum Gasteiger partial charge on any atom is -0.443 e. The number of ether oxygens (including phenoxy) is 1. The molecule has 3 aromatic rings. The standard InChI is InChI=1S/C26H27F5N6O5/c1-13-11-15(34-17-14-5-10-36(18(14)33-12-32-17)21(40)42-22(2,3)4)20(39)37-16(13)19(38)35-24(37)8-6-23(41,7-9-24)25(27,28)26(29,30)31/h5,10-12,41H,6-9H2,1-4H3,(H,35,38)(H,32,33,34)/t23-,24+. The molecule has 5 rings (SSSR count). The largest absolute Gasteiger partial charge is 0.456 e. The van der Waals surface area contributed by atoms with Crippen LogP contribution in [-0.2, 0) is 10.4 Å². The first-order valence-corrected chi connectivity index (χ1v) is 12.9. The number of alkyl halides is 5. The highest BCUT2D eigenvalue weighted by Gasteiger charge is 2.71. The molecule has 1 spiro atoms. The van der Waals surface area contributed by atoms with Gasteiger partial charge < -0.3 is 20.5 Å². The van der Waals surface area contributed by atoms with E-state index in [1.54, 1.807) is 20.8 Å². The fraction of sp³-hybridized carbons (Fsp3) is 0.500. The molecule has 0 saturated heterocycles. The number of rotatable bonds is 3. The van der Waals surface area contributed by atoms with Crippen LogP contribution in [0, 0.1) is 6.92 Å². The van der Waals surface area contributed by atoms with Gasteiger partial charge in [0, 0.05) is 6.20 Å². The zero-order valence-electron chi connectivity index (χ0n) is 22.9. The number of aliphatic hydroxyl groups is 1. The van der Waals surface area contributed by atoms with Crippen LogP contribution in [0.5, 0.6) is 0 Å². The number of anilines is 2. The van der Waals surface area contributed by atoms with Gasteiger partial charge in [0.25, 0.3) is 11.5 Å². The van der Waals surface area contributed by atoms with E-state index in [4.69, 9.17) is 4.74 Å². The molecule has 226 valence electrons. The summed E-state index contributed by atoms with van der Waals surface area (Å²) in [5.41, 5.74) is -6.29. The number of carbonyl (C=O) groups is 2. The molecule has 0 radical (unpaired) electrons. The number of amides is 1. The monoisotopic (exact) mass is 598 g/mol. The third-order valence-electron chi connectivity index (χ3n) is 7.55. The van der Waals surface area contributed by atoms with Crippen molar-refractivity contribution in [3.63, 3.8) is 0 Å². The molecule has 4 heterocycles. The van der Waals surface area contributed by atoms with Gasteiger partial charge in [0.15, 0.2) is 5.65 Å². The molecule has 3 N–H and O–H groups in total. The smallest absolute Gasteiger partial charge is 0.443 e. The zero-order chi connectivity index (χ0) is 31.0. The first-order valence-electron chi connectivity index (χ1n) is 12.9. The lowest BCUT2D eigenvalue weighted by Gasteiger charge is -2.45. The maximum atomic E-state index is 14.2. The first kappa shape index (κ1) is 29.4. The number of nitrogens with zero attached hydrogens (tertiary/aromatic N) is 4. The summed E-state index contributed by atoms with van der Waals surface area (Å²) in [6, 6.07) is 2.90. The number of hydrogen-bond acceptors (Lipinski definition) is 8. The van der Waals surface area contributed by atoms with Crippen molar-refractivity contribution < 1.29 is 41.4 Å². The second-order valence-electron chi connectivity index (χ2n) is 11.6. The lowest BCUT2D eigenvalue weighted by atomic mass is 9.74. The van der Waals surface area contributed by atoms with Gasteiger partial charge in [0.2, 0.25) is 0 Å². The maximum absolute atomic E-state index is 14.2. The van der Waals surface area contributed by atoms with Gasteiger partial charge >= 0.3 is 18.2 Å².